The molecule has 1 heterocycles. The number of carbonyl (C=O) groups excluding carboxylic acids is 1. The molecular weight excluding hydrogens is 491 g/mol. The highest BCUT2D eigenvalue weighted by Crippen LogP contribution is 2.34. The summed E-state index contributed by atoms with van der Waals surface area (Å²) in [5, 5.41) is 12.8. The molecule has 0 aliphatic carbocycles. The maximum absolute atomic E-state index is 13.0. The molecule has 1 N–H and O–H groups in total. The lowest BCUT2D eigenvalue weighted by Gasteiger charge is -2.29. The second kappa shape index (κ2) is 11.0. The number of benzene rings is 2. The lowest BCUT2D eigenvalue weighted by Crippen LogP contribution is -2.48. The van der Waals surface area contributed by atoms with Crippen LogP contribution in [0.25, 0.3) is 0 Å². The average molecular weight is 516 g/mol. The summed E-state index contributed by atoms with van der Waals surface area (Å²) in [6.45, 7) is 5.27. The van der Waals surface area contributed by atoms with E-state index in [0.717, 1.165) is 23.3 Å². The quantitative estimate of drug-likeness (QED) is 0.372. The number of hydrogen-bond donors (Lipinski definition) is 1. The van der Waals surface area contributed by atoms with Gasteiger partial charge in [-0.05, 0) is 61.2 Å². The first-order valence-electron chi connectivity index (χ1n) is 11.2. The number of nitriles is 1. The van der Waals surface area contributed by atoms with Gasteiger partial charge in [-0.25, -0.2) is 4.98 Å². The van der Waals surface area contributed by atoms with Crippen LogP contribution in [0.3, 0.4) is 0 Å². The largest absolute Gasteiger partial charge is 0.462 e. The van der Waals surface area contributed by atoms with Crippen molar-refractivity contribution >= 4 is 17.5 Å². The Labute approximate surface area is 212 Å². The molecule has 0 bridgehead atoms. The molecule has 2 aromatic carbocycles. The van der Waals surface area contributed by atoms with Gasteiger partial charge >= 0.3 is 6.18 Å². The van der Waals surface area contributed by atoms with E-state index in [4.69, 9.17) is 16.3 Å². The van der Waals surface area contributed by atoms with Crippen LogP contribution in [0.1, 0.15) is 54.9 Å². The van der Waals surface area contributed by atoms with Crippen LogP contribution in [0.15, 0.2) is 66.9 Å². The van der Waals surface area contributed by atoms with E-state index in [9.17, 15) is 23.2 Å². The standard InChI is InChI=1S/C27H25ClF3N3O2/c1-17(19-7-10-22(28)11-8-19)23(20-6-4-5-18(13-20)14-32)16-34-25(35)26(2,3)36-24-12-9-21(15-33-24)27(29,30)31/h4-13,15,17,23H,16H2,1-3H3,(H,34,35)/t17?,23-/m0/s1. The number of carbonyl (C=O) groups is 1. The van der Waals surface area contributed by atoms with Gasteiger partial charge in [-0.3, -0.25) is 4.79 Å². The van der Waals surface area contributed by atoms with Crippen LogP contribution in [-0.2, 0) is 11.0 Å². The summed E-state index contributed by atoms with van der Waals surface area (Å²) >= 11 is 6.04. The summed E-state index contributed by atoms with van der Waals surface area (Å²) in [7, 11) is 0. The van der Waals surface area contributed by atoms with Crippen LogP contribution in [0.2, 0.25) is 5.02 Å². The topological polar surface area (TPSA) is 75.0 Å². The van der Waals surface area contributed by atoms with Crippen molar-refractivity contribution < 1.29 is 22.7 Å². The fraction of sp³-hybridized carbons (Fsp3) is 0.296. The number of ether oxygens (including phenoxy) is 1. The highest BCUT2D eigenvalue weighted by molar-refractivity contribution is 6.30. The second-order valence-electron chi connectivity index (χ2n) is 8.89. The minimum absolute atomic E-state index is 0.0443. The van der Waals surface area contributed by atoms with Gasteiger partial charge in [-0.15, -0.1) is 0 Å². The maximum Gasteiger partial charge on any atom is 0.417 e. The van der Waals surface area contributed by atoms with Crippen LogP contribution < -0.4 is 10.1 Å². The summed E-state index contributed by atoms with van der Waals surface area (Å²) in [6.07, 6.45) is -3.85. The van der Waals surface area contributed by atoms with Gasteiger partial charge < -0.3 is 10.1 Å². The molecule has 9 heteroatoms. The van der Waals surface area contributed by atoms with Crippen LogP contribution in [-0.4, -0.2) is 23.0 Å². The van der Waals surface area contributed by atoms with Crippen LogP contribution in [0, 0.1) is 11.3 Å². The molecule has 0 spiro atoms. The Hall–Kier alpha value is -3.57. The van der Waals surface area contributed by atoms with E-state index in [2.05, 4.69) is 16.4 Å². The first-order valence-corrected chi connectivity index (χ1v) is 11.5. The Bertz CT molecular complexity index is 1240. The number of hydrogen-bond acceptors (Lipinski definition) is 4. The highest BCUT2D eigenvalue weighted by Gasteiger charge is 2.34. The highest BCUT2D eigenvalue weighted by atomic mass is 35.5. The molecule has 3 aromatic rings. The van der Waals surface area contributed by atoms with Crippen LogP contribution in [0.5, 0.6) is 5.88 Å². The van der Waals surface area contributed by atoms with Gasteiger partial charge in [-0.2, -0.15) is 18.4 Å². The lowest BCUT2D eigenvalue weighted by atomic mass is 9.82. The van der Waals surface area contributed by atoms with E-state index in [-0.39, 0.29) is 24.3 Å². The minimum atomic E-state index is -4.52. The van der Waals surface area contributed by atoms with E-state index >= 15 is 0 Å². The second-order valence-corrected chi connectivity index (χ2v) is 9.33. The summed E-state index contributed by atoms with van der Waals surface area (Å²) < 4.78 is 44.0. The Morgan fingerprint density at radius 2 is 1.81 bits per heavy atom. The fourth-order valence-electron chi connectivity index (χ4n) is 3.75. The molecule has 0 saturated carbocycles. The molecule has 0 fully saturated rings. The number of rotatable bonds is 8. The molecule has 1 aromatic heterocycles. The fourth-order valence-corrected chi connectivity index (χ4v) is 3.88. The van der Waals surface area contributed by atoms with Crippen molar-refractivity contribution in [1.82, 2.24) is 10.3 Å². The number of aromatic nitrogens is 1. The number of alkyl halides is 3. The monoisotopic (exact) mass is 515 g/mol. The Kier molecular flexibility index (Phi) is 8.26. The van der Waals surface area contributed by atoms with Gasteiger partial charge in [0.25, 0.3) is 5.91 Å². The van der Waals surface area contributed by atoms with Crippen molar-refractivity contribution in [2.75, 3.05) is 6.54 Å². The van der Waals surface area contributed by atoms with Crippen molar-refractivity contribution in [3.63, 3.8) is 0 Å². The normalized spacial score (nSPS) is 13.4. The van der Waals surface area contributed by atoms with Crippen LogP contribution >= 0.6 is 11.6 Å². The molecule has 1 amide bonds. The lowest BCUT2D eigenvalue weighted by molar-refractivity contribution is -0.138. The Balaban J connectivity index is 1.78. The molecule has 188 valence electrons. The number of halogens is 4. The average Bonchev–Trinajstić information content (AvgIpc) is 2.84. The molecule has 5 nitrogen and oxygen atoms in total. The zero-order valence-electron chi connectivity index (χ0n) is 19.9. The molecule has 2 atom stereocenters. The maximum atomic E-state index is 13.0. The van der Waals surface area contributed by atoms with Crippen molar-refractivity contribution in [3.8, 4) is 11.9 Å². The molecule has 0 radical (unpaired) electrons. The van der Waals surface area contributed by atoms with E-state index in [1.54, 1.807) is 30.3 Å². The van der Waals surface area contributed by atoms with Crippen molar-refractivity contribution in [1.29, 1.82) is 5.26 Å². The molecular formula is C27H25ClF3N3O2. The zero-order chi connectivity index (χ0) is 26.5. The smallest absolute Gasteiger partial charge is 0.417 e. The van der Waals surface area contributed by atoms with Crippen molar-refractivity contribution in [3.05, 3.63) is 94.1 Å². The first kappa shape index (κ1) is 27.0. The van der Waals surface area contributed by atoms with Crippen LogP contribution in [0.4, 0.5) is 13.2 Å². The van der Waals surface area contributed by atoms with Gasteiger partial charge in [0, 0.05) is 29.7 Å². The molecule has 0 aliphatic rings. The number of nitrogens with zero attached hydrogens (tertiary/aromatic N) is 2. The Morgan fingerprint density at radius 1 is 1.11 bits per heavy atom. The van der Waals surface area contributed by atoms with Crippen molar-refractivity contribution in [2.45, 2.75) is 44.4 Å². The summed E-state index contributed by atoms with van der Waals surface area (Å²) in [5.41, 5.74) is 0.0697. The Morgan fingerprint density at radius 3 is 2.39 bits per heavy atom. The van der Waals surface area contributed by atoms with Gasteiger partial charge in [-0.1, -0.05) is 42.8 Å². The van der Waals surface area contributed by atoms with Crippen molar-refractivity contribution in [2.24, 2.45) is 0 Å². The van der Waals surface area contributed by atoms with Gasteiger partial charge in [0.1, 0.15) is 0 Å². The van der Waals surface area contributed by atoms with Gasteiger partial charge in [0.05, 0.1) is 17.2 Å². The molecule has 0 aliphatic heterocycles. The third-order valence-corrected chi connectivity index (χ3v) is 6.15. The first-order chi connectivity index (χ1) is 16.9. The summed E-state index contributed by atoms with van der Waals surface area (Å²) in [4.78, 5) is 16.7. The number of pyridine rings is 1. The third kappa shape index (κ3) is 6.76. The third-order valence-electron chi connectivity index (χ3n) is 5.90. The molecule has 3 rings (SSSR count). The van der Waals surface area contributed by atoms with E-state index in [1.807, 2.05) is 25.1 Å². The van der Waals surface area contributed by atoms with E-state index in [1.165, 1.54) is 13.8 Å². The van der Waals surface area contributed by atoms with Gasteiger partial charge in [0.2, 0.25) is 5.88 Å². The van der Waals surface area contributed by atoms with E-state index < -0.39 is 23.2 Å². The predicted molar refractivity (Wildman–Crippen MR) is 131 cm³/mol. The molecule has 36 heavy (non-hydrogen) atoms. The summed E-state index contributed by atoms with van der Waals surface area (Å²) in [5.74, 6) is -0.801. The molecule has 1 unspecified atom stereocenters. The summed E-state index contributed by atoms with van der Waals surface area (Å²) in [6, 6.07) is 18.7. The number of amides is 1. The predicted octanol–water partition coefficient (Wildman–Crippen LogP) is 6.49. The van der Waals surface area contributed by atoms with E-state index in [0.29, 0.717) is 16.8 Å². The number of nitrogens with one attached hydrogen (secondary N) is 1. The zero-order valence-corrected chi connectivity index (χ0v) is 20.7. The SMILES string of the molecule is CC(c1ccc(Cl)cc1)[C@H](CNC(=O)C(C)(C)Oc1ccc(C(F)(F)F)cn1)c1cccc(C#N)c1. The molecule has 0 saturated heterocycles. The van der Waals surface area contributed by atoms with Gasteiger partial charge in [0.15, 0.2) is 5.60 Å². The minimum Gasteiger partial charge on any atom is -0.462 e.